The van der Waals surface area contributed by atoms with E-state index in [9.17, 15) is 0 Å². The largest absolute Gasteiger partial charge is 0.380 e. The van der Waals surface area contributed by atoms with Gasteiger partial charge in [0.1, 0.15) is 10.9 Å². The van der Waals surface area contributed by atoms with Crippen molar-refractivity contribution in [2.45, 2.75) is 13.5 Å². The predicted molar refractivity (Wildman–Crippen MR) is 75.2 cm³/mol. The van der Waals surface area contributed by atoms with Crippen LogP contribution in [0.5, 0.6) is 0 Å². The second kappa shape index (κ2) is 5.35. The minimum absolute atomic E-state index is 0.754. The molecule has 1 heterocycles. The van der Waals surface area contributed by atoms with Crippen LogP contribution in [-0.4, -0.2) is 0 Å². The molecule has 2 rings (SSSR count). The van der Waals surface area contributed by atoms with Crippen LogP contribution in [0, 0.1) is 18.3 Å². The minimum atomic E-state index is 0.754. The molecule has 0 amide bonds. The Morgan fingerprint density at radius 2 is 2.18 bits per heavy atom. The summed E-state index contributed by atoms with van der Waals surface area (Å²) in [7, 11) is 0. The maximum Gasteiger partial charge on any atom is 0.110 e. The molecule has 86 valence electrons. The van der Waals surface area contributed by atoms with Crippen molar-refractivity contribution in [2.75, 3.05) is 5.32 Å². The molecule has 1 aromatic carbocycles. The molecule has 0 aliphatic heterocycles. The normalized spacial score (nSPS) is 9.94. The first-order valence-corrected chi connectivity index (χ1v) is 6.79. The molecular weight excluding hydrogens is 296 g/mol. The van der Waals surface area contributed by atoms with E-state index in [0.29, 0.717) is 0 Å². The molecule has 4 heteroatoms. The van der Waals surface area contributed by atoms with E-state index in [1.165, 1.54) is 21.8 Å². The third-order valence-electron chi connectivity index (χ3n) is 2.42. The van der Waals surface area contributed by atoms with E-state index < -0.39 is 0 Å². The van der Waals surface area contributed by atoms with Gasteiger partial charge in [-0.2, -0.15) is 5.26 Å². The highest BCUT2D eigenvalue weighted by Crippen LogP contribution is 2.22. The standard InChI is InChI=1S/C13H11BrN2S/c1-9-2-3-10(14)6-13(9)16-8-12-5-4-11(7-15)17-12/h2-6,16H,8H2,1H3. The van der Waals surface area contributed by atoms with E-state index >= 15 is 0 Å². The van der Waals surface area contributed by atoms with Crippen LogP contribution in [0.25, 0.3) is 0 Å². The monoisotopic (exact) mass is 306 g/mol. The van der Waals surface area contributed by atoms with Crippen LogP contribution in [-0.2, 0) is 6.54 Å². The van der Waals surface area contributed by atoms with Crippen molar-refractivity contribution in [3.8, 4) is 6.07 Å². The van der Waals surface area contributed by atoms with E-state index in [2.05, 4.69) is 46.4 Å². The van der Waals surface area contributed by atoms with Crippen molar-refractivity contribution < 1.29 is 0 Å². The SMILES string of the molecule is Cc1ccc(Br)cc1NCc1ccc(C#N)s1. The Morgan fingerprint density at radius 1 is 1.35 bits per heavy atom. The molecule has 2 aromatic rings. The summed E-state index contributed by atoms with van der Waals surface area (Å²) in [6.07, 6.45) is 0. The molecule has 0 radical (unpaired) electrons. The number of rotatable bonds is 3. The van der Waals surface area contributed by atoms with Crippen LogP contribution >= 0.6 is 27.3 Å². The Morgan fingerprint density at radius 3 is 2.88 bits per heavy atom. The zero-order valence-corrected chi connectivity index (χ0v) is 11.7. The van der Waals surface area contributed by atoms with E-state index in [1.807, 2.05) is 18.2 Å². The number of nitriles is 1. The summed E-state index contributed by atoms with van der Waals surface area (Å²) in [5, 5.41) is 12.1. The predicted octanol–water partition coefficient (Wildman–Crippen LogP) is 4.30. The van der Waals surface area contributed by atoms with Crippen molar-refractivity contribution in [3.63, 3.8) is 0 Å². The van der Waals surface area contributed by atoms with Gasteiger partial charge in [0, 0.05) is 21.6 Å². The summed E-state index contributed by atoms with van der Waals surface area (Å²) in [5.74, 6) is 0. The Bertz CT molecular complexity index is 569. The van der Waals surface area contributed by atoms with E-state index in [1.54, 1.807) is 0 Å². The van der Waals surface area contributed by atoms with Gasteiger partial charge in [0.25, 0.3) is 0 Å². The minimum Gasteiger partial charge on any atom is -0.380 e. The summed E-state index contributed by atoms with van der Waals surface area (Å²) in [6, 6.07) is 12.2. The Labute approximate surface area is 113 Å². The molecule has 0 atom stereocenters. The first kappa shape index (κ1) is 12.2. The molecule has 0 bridgehead atoms. The number of hydrogen-bond acceptors (Lipinski definition) is 3. The Balaban J connectivity index is 2.07. The summed E-state index contributed by atoms with van der Waals surface area (Å²) in [6.45, 7) is 2.83. The number of nitrogens with zero attached hydrogens (tertiary/aromatic N) is 1. The summed E-state index contributed by atoms with van der Waals surface area (Å²) in [5.41, 5.74) is 2.33. The smallest absolute Gasteiger partial charge is 0.110 e. The van der Waals surface area contributed by atoms with E-state index in [-0.39, 0.29) is 0 Å². The zero-order valence-electron chi connectivity index (χ0n) is 9.33. The van der Waals surface area contributed by atoms with Crippen LogP contribution in [0.15, 0.2) is 34.8 Å². The highest BCUT2D eigenvalue weighted by atomic mass is 79.9. The molecule has 2 nitrogen and oxygen atoms in total. The van der Waals surface area contributed by atoms with Crippen LogP contribution < -0.4 is 5.32 Å². The van der Waals surface area contributed by atoms with Crippen molar-refractivity contribution in [3.05, 3.63) is 50.1 Å². The second-order valence-corrected chi connectivity index (χ2v) is 5.77. The molecular formula is C13H11BrN2S. The fourth-order valence-electron chi connectivity index (χ4n) is 1.50. The average Bonchev–Trinajstić information content (AvgIpc) is 2.78. The van der Waals surface area contributed by atoms with Gasteiger partial charge in [-0.3, -0.25) is 0 Å². The average molecular weight is 307 g/mol. The number of hydrogen-bond donors (Lipinski definition) is 1. The van der Waals surface area contributed by atoms with Gasteiger partial charge in [-0.25, -0.2) is 0 Å². The first-order chi connectivity index (χ1) is 8.19. The maximum atomic E-state index is 8.75. The van der Waals surface area contributed by atoms with Crippen molar-refractivity contribution in [2.24, 2.45) is 0 Å². The van der Waals surface area contributed by atoms with Crippen molar-refractivity contribution in [1.82, 2.24) is 0 Å². The summed E-state index contributed by atoms with van der Waals surface area (Å²) < 4.78 is 1.06. The Hall–Kier alpha value is -1.31. The number of anilines is 1. The topological polar surface area (TPSA) is 35.8 Å². The van der Waals surface area contributed by atoms with Crippen LogP contribution in [0.4, 0.5) is 5.69 Å². The van der Waals surface area contributed by atoms with Gasteiger partial charge in [0.05, 0.1) is 0 Å². The van der Waals surface area contributed by atoms with Gasteiger partial charge in [-0.05, 0) is 36.8 Å². The highest BCUT2D eigenvalue weighted by Gasteiger charge is 2.01. The third kappa shape index (κ3) is 3.09. The van der Waals surface area contributed by atoms with Crippen LogP contribution in [0.2, 0.25) is 0 Å². The zero-order chi connectivity index (χ0) is 12.3. The fourth-order valence-corrected chi connectivity index (χ4v) is 2.61. The number of aryl methyl sites for hydroxylation is 1. The lowest BCUT2D eigenvalue weighted by molar-refractivity contribution is 1.18. The molecule has 0 saturated carbocycles. The number of halogens is 1. The highest BCUT2D eigenvalue weighted by molar-refractivity contribution is 9.10. The molecule has 1 aromatic heterocycles. The van der Waals surface area contributed by atoms with Gasteiger partial charge in [-0.15, -0.1) is 11.3 Å². The molecule has 0 aliphatic rings. The van der Waals surface area contributed by atoms with Gasteiger partial charge in [-0.1, -0.05) is 22.0 Å². The lowest BCUT2D eigenvalue weighted by Gasteiger charge is -2.08. The third-order valence-corrected chi connectivity index (χ3v) is 3.91. The molecule has 0 aliphatic carbocycles. The number of benzene rings is 1. The quantitative estimate of drug-likeness (QED) is 0.917. The molecule has 0 fully saturated rings. The summed E-state index contributed by atoms with van der Waals surface area (Å²) in [4.78, 5) is 1.92. The maximum absolute atomic E-state index is 8.75. The lowest BCUT2D eigenvalue weighted by Crippen LogP contribution is -1.99. The first-order valence-electron chi connectivity index (χ1n) is 5.18. The molecule has 17 heavy (non-hydrogen) atoms. The van der Waals surface area contributed by atoms with E-state index in [4.69, 9.17) is 5.26 Å². The molecule has 0 unspecified atom stereocenters. The van der Waals surface area contributed by atoms with Gasteiger partial charge >= 0.3 is 0 Å². The number of thiophene rings is 1. The lowest BCUT2D eigenvalue weighted by atomic mass is 10.2. The van der Waals surface area contributed by atoms with Crippen molar-refractivity contribution >= 4 is 33.0 Å². The van der Waals surface area contributed by atoms with Gasteiger partial charge in [0.15, 0.2) is 0 Å². The number of nitrogens with one attached hydrogen (secondary N) is 1. The molecule has 0 spiro atoms. The Kier molecular flexibility index (Phi) is 3.82. The van der Waals surface area contributed by atoms with Gasteiger partial charge in [0.2, 0.25) is 0 Å². The van der Waals surface area contributed by atoms with Crippen LogP contribution in [0.3, 0.4) is 0 Å². The molecule has 1 N–H and O–H groups in total. The van der Waals surface area contributed by atoms with Crippen LogP contribution in [0.1, 0.15) is 15.3 Å². The second-order valence-electron chi connectivity index (χ2n) is 3.69. The van der Waals surface area contributed by atoms with Gasteiger partial charge < -0.3 is 5.32 Å². The molecule has 0 saturated heterocycles. The van der Waals surface area contributed by atoms with E-state index in [0.717, 1.165) is 21.6 Å². The van der Waals surface area contributed by atoms with Crippen molar-refractivity contribution in [1.29, 1.82) is 5.26 Å². The fraction of sp³-hybridized carbons (Fsp3) is 0.154. The summed E-state index contributed by atoms with van der Waals surface area (Å²) >= 11 is 4.98.